The fraction of sp³-hybridized carbons (Fsp3) is 0.222. The maximum Gasteiger partial charge on any atom is 0.191 e. The fourth-order valence-corrected chi connectivity index (χ4v) is 2.94. The number of guanidine groups is 1. The molecule has 2 rings (SSSR count). The van der Waals surface area contributed by atoms with E-state index in [1.807, 2.05) is 30.3 Å². The third-order valence-electron chi connectivity index (χ3n) is 3.32. The number of hydrogen-bond donors (Lipinski definition) is 2. The maximum atomic E-state index is 13.8. The third-order valence-corrected chi connectivity index (χ3v) is 4.59. The number of thioether (sulfide) groups is 1. The summed E-state index contributed by atoms with van der Waals surface area (Å²) in [7, 11) is 1.66. The summed E-state index contributed by atoms with van der Waals surface area (Å²) in [5, 5.41) is 15.8. The van der Waals surface area contributed by atoms with E-state index in [2.05, 4.69) is 15.6 Å². The Morgan fingerprint density at radius 2 is 1.96 bits per heavy atom. The summed E-state index contributed by atoms with van der Waals surface area (Å²) < 4.78 is 13.8. The van der Waals surface area contributed by atoms with E-state index in [0.29, 0.717) is 23.6 Å². The number of nitriles is 1. The van der Waals surface area contributed by atoms with Crippen LogP contribution in [-0.2, 0) is 6.54 Å². The molecule has 2 aromatic carbocycles. The van der Waals surface area contributed by atoms with Crippen LogP contribution in [0.3, 0.4) is 0 Å². The van der Waals surface area contributed by atoms with Gasteiger partial charge in [-0.3, -0.25) is 4.99 Å². The van der Waals surface area contributed by atoms with E-state index >= 15 is 0 Å². The molecule has 0 amide bonds. The van der Waals surface area contributed by atoms with E-state index in [0.717, 1.165) is 15.7 Å². The van der Waals surface area contributed by atoms with Crippen LogP contribution in [0.1, 0.15) is 11.1 Å². The van der Waals surface area contributed by atoms with Crippen molar-refractivity contribution in [1.82, 2.24) is 10.6 Å². The van der Waals surface area contributed by atoms with Crippen molar-refractivity contribution in [3.8, 4) is 6.07 Å². The number of hydrogen-bond acceptors (Lipinski definition) is 3. The Morgan fingerprint density at radius 1 is 1.23 bits per heavy atom. The Labute approximate surface area is 179 Å². The lowest BCUT2D eigenvalue weighted by molar-refractivity contribution is 0.604. The molecule has 0 saturated heterocycles. The van der Waals surface area contributed by atoms with Crippen LogP contribution in [0.4, 0.5) is 4.39 Å². The zero-order chi connectivity index (χ0) is 18.1. The van der Waals surface area contributed by atoms with Crippen molar-refractivity contribution in [1.29, 1.82) is 5.26 Å². The van der Waals surface area contributed by atoms with Crippen molar-refractivity contribution in [2.75, 3.05) is 19.3 Å². The second-order valence-electron chi connectivity index (χ2n) is 5.07. The molecule has 0 atom stereocenters. The topological polar surface area (TPSA) is 60.2 Å². The lowest BCUT2D eigenvalue weighted by atomic mass is 10.1. The Bertz CT molecular complexity index is 778. The summed E-state index contributed by atoms with van der Waals surface area (Å²) in [6.07, 6.45) is 0. The van der Waals surface area contributed by atoms with Crippen LogP contribution in [0.15, 0.2) is 52.4 Å². The van der Waals surface area contributed by atoms with Crippen molar-refractivity contribution < 1.29 is 4.39 Å². The molecule has 0 spiro atoms. The van der Waals surface area contributed by atoms with Gasteiger partial charge in [-0.05, 0) is 42.5 Å². The molecule has 26 heavy (non-hydrogen) atoms. The molecule has 2 N–H and O–H groups in total. The second kappa shape index (κ2) is 12.0. The molecule has 0 radical (unpaired) electrons. The largest absolute Gasteiger partial charge is 0.356 e. The van der Waals surface area contributed by atoms with Gasteiger partial charge < -0.3 is 10.6 Å². The van der Waals surface area contributed by atoms with Crippen LogP contribution in [0.25, 0.3) is 0 Å². The summed E-state index contributed by atoms with van der Waals surface area (Å²) in [5.41, 5.74) is 0.859. The van der Waals surface area contributed by atoms with Gasteiger partial charge in [-0.25, -0.2) is 4.39 Å². The molecule has 0 aliphatic heterocycles. The van der Waals surface area contributed by atoms with Crippen LogP contribution < -0.4 is 10.6 Å². The average molecular weight is 505 g/mol. The van der Waals surface area contributed by atoms with Gasteiger partial charge in [0.15, 0.2) is 5.96 Å². The summed E-state index contributed by atoms with van der Waals surface area (Å²) in [6, 6.07) is 14.0. The smallest absolute Gasteiger partial charge is 0.191 e. The summed E-state index contributed by atoms with van der Waals surface area (Å²) in [5.74, 6) is 1.08. The SMILES string of the molecule is CN=C(NCCSc1ccc(Cl)cc1)NCc1cc(C#N)ccc1F.I. The normalized spacial score (nSPS) is 10.6. The minimum Gasteiger partial charge on any atom is -0.356 e. The molecule has 0 aliphatic rings. The Kier molecular flexibility index (Phi) is 10.4. The first-order valence-corrected chi connectivity index (χ1v) is 9.00. The molecular weight excluding hydrogens is 486 g/mol. The fourth-order valence-electron chi connectivity index (χ4n) is 2.05. The number of rotatable bonds is 6. The molecule has 2 aromatic rings. The number of aliphatic imine (C=N–C) groups is 1. The molecule has 0 bridgehead atoms. The molecular formula is C18H19ClFIN4S. The molecule has 0 fully saturated rings. The minimum atomic E-state index is -0.347. The molecule has 0 aliphatic carbocycles. The van der Waals surface area contributed by atoms with E-state index < -0.39 is 0 Å². The quantitative estimate of drug-likeness (QED) is 0.201. The van der Waals surface area contributed by atoms with Crippen molar-refractivity contribution in [3.63, 3.8) is 0 Å². The number of nitrogens with zero attached hydrogens (tertiary/aromatic N) is 2. The van der Waals surface area contributed by atoms with Gasteiger partial charge in [0.05, 0.1) is 11.6 Å². The first-order valence-electron chi connectivity index (χ1n) is 7.64. The Morgan fingerprint density at radius 3 is 2.62 bits per heavy atom. The van der Waals surface area contributed by atoms with Crippen LogP contribution in [-0.4, -0.2) is 25.3 Å². The third kappa shape index (κ3) is 7.40. The van der Waals surface area contributed by atoms with Gasteiger partial charge in [-0.2, -0.15) is 5.26 Å². The molecule has 138 valence electrons. The number of halogens is 3. The zero-order valence-electron chi connectivity index (χ0n) is 14.1. The highest BCUT2D eigenvalue weighted by atomic mass is 127. The first kappa shape index (κ1) is 22.5. The van der Waals surface area contributed by atoms with Crippen molar-refractivity contribution in [2.45, 2.75) is 11.4 Å². The minimum absolute atomic E-state index is 0. The van der Waals surface area contributed by atoms with Gasteiger partial charge in [-0.1, -0.05) is 11.6 Å². The van der Waals surface area contributed by atoms with Gasteiger partial charge in [-0.15, -0.1) is 35.7 Å². The van der Waals surface area contributed by atoms with Crippen LogP contribution in [0.2, 0.25) is 5.02 Å². The lowest BCUT2D eigenvalue weighted by Crippen LogP contribution is -2.38. The monoisotopic (exact) mass is 504 g/mol. The van der Waals surface area contributed by atoms with E-state index in [1.54, 1.807) is 18.8 Å². The summed E-state index contributed by atoms with van der Waals surface area (Å²) in [4.78, 5) is 5.25. The number of benzene rings is 2. The highest BCUT2D eigenvalue weighted by molar-refractivity contribution is 14.0. The van der Waals surface area contributed by atoms with Gasteiger partial charge in [0.2, 0.25) is 0 Å². The molecule has 8 heteroatoms. The lowest BCUT2D eigenvalue weighted by Gasteiger charge is -2.12. The Balaban J connectivity index is 0.00000338. The van der Waals surface area contributed by atoms with Gasteiger partial charge in [0.1, 0.15) is 5.82 Å². The standard InChI is InChI=1S/C18H18ClFN4S.HI/c1-22-18(23-8-9-25-16-5-3-15(19)4-6-16)24-12-14-10-13(11-21)2-7-17(14)20;/h2-7,10H,8-9,12H2,1H3,(H2,22,23,24);1H. The van der Waals surface area contributed by atoms with Crippen molar-refractivity contribution in [3.05, 3.63) is 64.4 Å². The van der Waals surface area contributed by atoms with E-state index in [1.165, 1.54) is 18.2 Å². The summed E-state index contributed by atoms with van der Waals surface area (Å²) in [6.45, 7) is 0.957. The van der Waals surface area contributed by atoms with E-state index in [-0.39, 0.29) is 36.3 Å². The highest BCUT2D eigenvalue weighted by Gasteiger charge is 2.05. The average Bonchev–Trinajstić information content (AvgIpc) is 2.64. The zero-order valence-corrected chi connectivity index (χ0v) is 18.0. The van der Waals surface area contributed by atoms with E-state index in [4.69, 9.17) is 16.9 Å². The van der Waals surface area contributed by atoms with Crippen molar-refractivity contribution in [2.24, 2.45) is 4.99 Å². The first-order chi connectivity index (χ1) is 12.1. The van der Waals surface area contributed by atoms with Crippen LogP contribution in [0, 0.1) is 17.1 Å². The molecule has 0 unspecified atom stereocenters. The van der Waals surface area contributed by atoms with Crippen LogP contribution >= 0.6 is 47.3 Å². The predicted octanol–water partition coefficient (Wildman–Crippen LogP) is 4.43. The molecule has 4 nitrogen and oxygen atoms in total. The highest BCUT2D eigenvalue weighted by Crippen LogP contribution is 2.19. The number of nitrogens with one attached hydrogen (secondary N) is 2. The molecule has 0 heterocycles. The van der Waals surface area contributed by atoms with Gasteiger partial charge in [0.25, 0.3) is 0 Å². The molecule has 0 aromatic heterocycles. The van der Waals surface area contributed by atoms with Crippen molar-refractivity contribution >= 4 is 53.3 Å². The predicted molar refractivity (Wildman–Crippen MR) is 117 cm³/mol. The second-order valence-corrected chi connectivity index (χ2v) is 6.68. The summed E-state index contributed by atoms with van der Waals surface area (Å²) >= 11 is 7.56. The van der Waals surface area contributed by atoms with E-state index in [9.17, 15) is 4.39 Å². The van der Waals surface area contributed by atoms with Gasteiger partial charge in [0, 0.05) is 41.4 Å². The van der Waals surface area contributed by atoms with Crippen LogP contribution in [0.5, 0.6) is 0 Å². The Hall–Kier alpha value is -1.50. The maximum absolute atomic E-state index is 13.8. The molecule has 0 saturated carbocycles. The van der Waals surface area contributed by atoms with Gasteiger partial charge >= 0.3 is 0 Å².